The van der Waals surface area contributed by atoms with Crippen molar-refractivity contribution in [1.82, 2.24) is 4.72 Å². The zero-order valence-corrected chi connectivity index (χ0v) is 15.1. The maximum Gasteiger partial charge on any atom is 0.416 e. The summed E-state index contributed by atoms with van der Waals surface area (Å²) < 4.78 is 64.7. The average Bonchev–Trinajstić information content (AvgIpc) is 2.66. The molecule has 0 aliphatic carbocycles. The minimum atomic E-state index is -4.67. The Hall–Kier alpha value is -2.91. The van der Waals surface area contributed by atoms with Crippen molar-refractivity contribution in [3.05, 3.63) is 72.3 Å². The van der Waals surface area contributed by atoms with E-state index >= 15 is 0 Å². The number of fused-ring (bicyclic) bond motifs is 1. The van der Waals surface area contributed by atoms with Crippen molar-refractivity contribution in [2.45, 2.75) is 11.1 Å². The molecule has 3 aromatic carbocycles. The highest BCUT2D eigenvalue weighted by atomic mass is 32.2. The molecule has 0 saturated carbocycles. The van der Waals surface area contributed by atoms with Gasteiger partial charge < -0.3 is 5.32 Å². The Bertz CT molecular complexity index is 1120. The van der Waals surface area contributed by atoms with Gasteiger partial charge in [-0.15, -0.1) is 0 Å². The minimum Gasteiger partial charge on any atom is -0.324 e. The Morgan fingerprint density at radius 1 is 0.929 bits per heavy atom. The van der Waals surface area contributed by atoms with Gasteiger partial charge in [-0.2, -0.15) is 13.2 Å². The fourth-order valence-corrected chi connectivity index (χ4v) is 3.64. The SMILES string of the molecule is O=C(CNS(=O)(=O)c1cccc(C(F)(F)F)c1)Nc1cccc2ccccc12. The molecule has 2 N–H and O–H groups in total. The van der Waals surface area contributed by atoms with Gasteiger partial charge >= 0.3 is 6.18 Å². The first-order valence-corrected chi connectivity index (χ1v) is 9.60. The third kappa shape index (κ3) is 4.49. The van der Waals surface area contributed by atoms with Crippen molar-refractivity contribution >= 4 is 32.4 Å². The molecule has 3 aromatic rings. The van der Waals surface area contributed by atoms with E-state index in [0.717, 1.165) is 29.0 Å². The van der Waals surface area contributed by atoms with Crippen molar-refractivity contribution in [1.29, 1.82) is 0 Å². The van der Waals surface area contributed by atoms with E-state index < -0.39 is 39.1 Å². The highest BCUT2D eigenvalue weighted by Crippen LogP contribution is 2.30. The summed E-state index contributed by atoms with van der Waals surface area (Å²) in [5, 5.41) is 4.27. The van der Waals surface area contributed by atoms with E-state index in [9.17, 15) is 26.4 Å². The van der Waals surface area contributed by atoms with Crippen LogP contribution in [0.15, 0.2) is 71.6 Å². The number of sulfonamides is 1. The van der Waals surface area contributed by atoms with Crippen LogP contribution in [0.25, 0.3) is 10.8 Å². The normalized spacial score (nSPS) is 12.1. The van der Waals surface area contributed by atoms with Crippen LogP contribution in [0.3, 0.4) is 0 Å². The second kappa shape index (κ2) is 7.61. The maximum absolute atomic E-state index is 12.8. The molecule has 1 amide bonds. The number of nitrogens with one attached hydrogen (secondary N) is 2. The van der Waals surface area contributed by atoms with Crippen LogP contribution in [0.2, 0.25) is 0 Å². The molecule has 0 aliphatic rings. The van der Waals surface area contributed by atoms with Crippen LogP contribution in [0.1, 0.15) is 5.56 Å². The van der Waals surface area contributed by atoms with Gasteiger partial charge in [0.1, 0.15) is 0 Å². The zero-order valence-electron chi connectivity index (χ0n) is 14.3. The van der Waals surface area contributed by atoms with Crippen LogP contribution in [0.4, 0.5) is 18.9 Å². The largest absolute Gasteiger partial charge is 0.416 e. The number of anilines is 1. The van der Waals surface area contributed by atoms with Crippen LogP contribution >= 0.6 is 0 Å². The number of hydrogen-bond donors (Lipinski definition) is 2. The van der Waals surface area contributed by atoms with Crippen molar-refractivity contribution in [2.75, 3.05) is 11.9 Å². The van der Waals surface area contributed by atoms with Crippen LogP contribution < -0.4 is 10.0 Å². The third-order valence-electron chi connectivity index (χ3n) is 3.96. The molecule has 0 spiro atoms. The molecule has 0 fully saturated rings. The van der Waals surface area contributed by atoms with Gasteiger partial charge in [-0.05, 0) is 29.7 Å². The monoisotopic (exact) mass is 408 g/mol. The second-order valence-electron chi connectivity index (χ2n) is 5.93. The van der Waals surface area contributed by atoms with E-state index in [1.165, 1.54) is 0 Å². The molecule has 28 heavy (non-hydrogen) atoms. The number of carbonyl (C=O) groups excluding carboxylic acids is 1. The molecular weight excluding hydrogens is 393 g/mol. The summed E-state index contributed by atoms with van der Waals surface area (Å²) in [6.45, 7) is -0.623. The van der Waals surface area contributed by atoms with Crippen molar-refractivity contribution in [3.63, 3.8) is 0 Å². The highest BCUT2D eigenvalue weighted by Gasteiger charge is 2.31. The summed E-state index contributed by atoms with van der Waals surface area (Å²) in [7, 11) is -4.28. The molecule has 0 atom stereocenters. The summed E-state index contributed by atoms with van der Waals surface area (Å²) in [5.41, 5.74) is -0.586. The van der Waals surface area contributed by atoms with E-state index in [2.05, 4.69) is 5.32 Å². The first kappa shape index (κ1) is 19.8. The first-order valence-electron chi connectivity index (χ1n) is 8.11. The molecular formula is C19H15F3N2O3S. The molecule has 9 heteroatoms. The van der Waals surface area contributed by atoms with Crippen LogP contribution in [-0.2, 0) is 21.0 Å². The van der Waals surface area contributed by atoms with Gasteiger partial charge in [-0.3, -0.25) is 4.79 Å². The lowest BCUT2D eigenvalue weighted by Crippen LogP contribution is -2.33. The first-order chi connectivity index (χ1) is 13.2. The van der Waals surface area contributed by atoms with Gasteiger partial charge in [0.15, 0.2) is 0 Å². The minimum absolute atomic E-state index is 0.501. The lowest BCUT2D eigenvalue weighted by molar-refractivity contribution is -0.137. The molecule has 146 valence electrons. The molecule has 0 bridgehead atoms. The molecule has 0 unspecified atom stereocenters. The van der Waals surface area contributed by atoms with E-state index in [0.29, 0.717) is 11.8 Å². The quantitative estimate of drug-likeness (QED) is 0.675. The number of carbonyl (C=O) groups is 1. The lowest BCUT2D eigenvalue weighted by Gasteiger charge is -2.11. The highest BCUT2D eigenvalue weighted by molar-refractivity contribution is 7.89. The maximum atomic E-state index is 12.8. The Morgan fingerprint density at radius 3 is 2.36 bits per heavy atom. The fourth-order valence-electron chi connectivity index (χ4n) is 2.61. The molecule has 0 radical (unpaired) electrons. The van der Waals surface area contributed by atoms with Crippen molar-refractivity contribution in [3.8, 4) is 0 Å². The zero-order chi connectivity index (χ0) is 20.4. The van der Waals surface area contributed by atoms with Gasteiger partial charge in [0.05, 0.1) is 17.0 Å². The predicted octanol–water partition coefficient (Wildman–Crippen LogP) is 3.78. The van der Waals surface area contributed by atoms with E-state index in [1.54, 1.807) is 24.3 Å². The summed E-state index contributed by atoms with van der Waals surface area (Å²) >= 11 is 0. The molecule has 0 saturated heterocycles. The predicted molar refractivity (Wildman–Crippen MR) is 99.2 cm³/mol. The summed E-state index contributed by atoms with van der Waals surface area (Å²) in [6.07, 6.45) is -4.67. The molecule has 3 rings (SSSR count). The molecule has 0 aromatic heterocycles. The molecule has 5 nitrogen and oxygen atoms in total. The van der Waals surface area contributed by atoms with Crippen molar-refractivity contribution in [2.24, 2.45) is 0 Å². The second-order valence-corrected chi connectivity index (χ2v) is 7.69. The van der Waals surface area contributed by atoms with Crippen LogP contribution in [0.5, 0.6) is 0 Å². The smallest absolute Gasteiger partial charge is 0.324 e. The number of hydrogen-bond acceptors (Lipinski definition) is 3. The average molecular weight is 408 g/mol. The van der Waals surface area contributed by atoms with Gasteiger partial charge in [0, 0.05) is 11.1 Å². The van der Waals surface area contributed by atoms with Gasteiger partial charge in [0.25, 0.3) is 0 Å². The standard InChI is InChI=1S/C19H15F3N2O3S/c20-19(21,22)14-7-4-8-15(11-14)28(26,27)23-12-18(25)24-17-10-3-6-13-5-1-2-9-16(13)17/h1-11,23H,12H2,(H,24,25). The van der Waals surface area contributed by atoms with Crippen LogP contribution in [0, 0.1) is 0 Å². The molecule has 0 heterocycles. The van der Waals surface area contributed by atoms with Crippen molar-refractivity contribution < 1.29 is 26.4 Å². The number of benzene rings is 3. The Kier molecular flexibility index (Phi) is 5.39. The van der Waals surface area contributed by atoms with E-state index in [1.807, 2.05) is 22.9 Å². The van der Waals surface area contributed by atoms with Gasteiger partial charge in [-0.25, -0.2) is 13.1 Å². The number of alkyl halides is 3. The summed E-state index contributed by atoms with van der Waals surface area (Å²) in [5.74, 6) is -0.646. The molecule has 0 aliphatic heterocycles. The Labute approximate surface area is 159 Å². The summed E-state index contributed by atoms with van der Waals surface area (Å²) in [4.78, 5) is 11.6. The van der Waals surface area contributed by atoms with Crippen LogP contribution in [-0.4, -0.2) is 20.9 Å². The van der Waals surface area contributed by atoms with E-state index in [4.69, 9.17) is 0 Å². The van der Waals surface area contributed by atoms with Gasteiger partial charge in [0.2, 0.25) is 15.9 Å². The number of amides is 1. The number of rotatable bonds is 5. The lowest BCUT2D eigenvalue weighted by atomic mass is 10.1. The van der Waals surface area contributed by atoms with E-state index in [-0.39, 0.29) is 0 Å². The topological polar surface area (TPSA) is 75.3 Å². The fraction of sp³-hybridized carbons (Fsp3) is 0.105. The summed E-state index contributed by atoms with van der Waals surface area (Å²) in [6, 6.07) is 15.9. The third-order valence-corrected chi connectivity index (χ3v) is 5.36. The Morgan fingerprint density at radius 2 is 1.61 bits per heavy atom. The van der Waals surface area contributed by atoms with Gasteiger partial charge in [-0.1, -0.05) is 42.5 Å². The number of halogens is 3. The Balaban J connectivity index is 1.72.